The average Bonchev–Trinajstić information content (AvgIpc) is 1.63. The van der Waals surface area contributed by atoms with Crippen LogP contribution in [0, 0.1) is 0 Å². The first-order chi connectivity index (χ1) is 42.5. The third-order valence-corrected chi connectivity index (χ3v) is 18.3. The van der Waals surface area contributed by atoms with Gasteiger partial charge >= 0.3 is 0 Å². The maximum Gasteiger partial charge on any atom is 0.283 e. The Morgan fingerprint density at radius 2 is 0.483 bits per heavy atom. The Morgan fingerprint density at radius 1 is 0.292 bits per heavy atom. The third-order valence-electron chi connectivity index (χ3n) is 16.6. The van der Waals surface area contributed by atoms with E-state index in [1.54, 1.807) is 0 Å². The minimum absolute atomic E-state index is 0.139. The molecule has 1 aromatic rings. The van der Waals surface area contributed by atoms with Gasteiger partial charge in [-0.2, -0.15) is 0 Å². The summed E-state index contributed by atoms with van der Waals surface area (Å²) in [5.41, 5.74) is 0.282. The molecule has 0 saturated carbocycles. The van der Waals surface area contributed by atoms with E-state index in [1.165, 1.54) is 24.3 Å². The van der Waals surface area contributed by atoms with E-state index in [1.807, 2.05) is 0 Å². The Hall–Kier alpha value is -2.46. The van der Waals surface area contributed by atoms with Gasteiger partial charge in [0.2, 0.25) is 0 Å². The molecule has 18 aliphatic heterocycles. The molecule has 1 aromatic carbocycles. The zero-order valence-electron chi connectivity index (χ0n) is 46.3. The molecule has 19 rings (SSSR count). The number of thioether (sulfide) groups is 2. The summed E-state index contributed by atoms with van der Waals surface area (Å²) in [5.74, 6) is -1.10. The molecule has 37 nitrogen and oxygen atoms in total. The van der Waals surface area contributed by atoms with Gasteiger partial charge in [-0.1, -0.05) is 23.5 Å². The summed E-state index contributed by atoms with van der Waals surface area (Å²) in [6, 6.07) is 5.47. The number of nitrogens with one attached hydrogen (secondary N) is 2. The number of aliphatic hydroxyl groups is 19. The Kier molecular flexibility index (Phi) is 23.1. The molecule has 39 heteroatoms. The second-order valence-electron chi connectivity index (χ2n) is 22.3. The number of benzene rings is 1. The van der Waals surface area contributed by atoms with Crippen molar-refractivity contribution in [2.24, 2.45) is 0 Å². The lowest BCUT2D eigenvalue weighted by atomic mass is 9.95. The fourth-order valence-corrected chi connectivity index (χ4v) is 13.2. The molecule has 506 valence electrons. The Balaban J connectivity index is 1.03. The van der Waals surface area contributed by atoms with Crippen molar-refractivity contribution in [1.29, 1.82) is 0 Å². The molecule has 21 N–H and O–H groups in total. The quantitative estimate of drug-likeness (QED) is 0.130. The molecule has 7 fully saturated rings. The molecule has 0 radical (unpaired) electrons. The maximum atomic E-state index is 13.6. The Labute approximate surface area is 511 Å². The lowest BCUT2D eigenvalue weighted by Crippen LogP contribution is -2.68. The van der Waals surface area contributed by atoms with Crippen LogP contribution in [-0.2, 0) is 66.3 Å². The second-order valence-corrected chi connectivity index (χ2v) is 24.3. The van der Waals surface area contributed by atoms with Crippen molar-refractivity contribution in [3.63, 3.8) is 0 Å². The summed E-state index contributed by atoms with van der Waals surface area (Å²) in [6.45, 7) is -5.35. The fraction of sp³-hybridized carbons (Fsp3) is 0.840. The van der Waals surface area contributed by atoms with E-state index in [-0.39, 0.29) is 11.4 Å². The average molecular weight is 1330 g/mol. The fourth-order valence-electron chi connectivity index (χ4n) is 11.7. The van der Waals surface area contributed by atoms with Gasteiger partial charge in [0.25, 0.3) is 10.5 Å². The third kappa shape index (κ3) is 14.4. The smallest absolute Gasteiger partial charge is 0.283 e. The topological polar surface area (TPSA) is 572 Å². The van der Waals surface area contributed by atoms with Gasteiger partial charge in [-0.05, 0) is 24.3 Å². The molecule has 2 amide bonds. The number of carbonyl (C=O) groups is 2. The number of amides is 2. The number of fused-ring (bicyclic) bond motifs is 3. The van der Waals surface area contributed by atoms with Crippen molar-refractivity contribution in [2.45, 2.75) is 215 Å². The largest absolute Gasteiger partial charge is 0.394 e. The lowest BCUT2D eigenvalue weighted by Gasteiger charge is -2.50. The van der Waals surface area contributed by atoms with Gasteiger partial charge in [-0.25, -0.2) is 0 Å². The van der Waals surface area contributed by atoms with Crippen LogP contribution in [0.2, 0.25) is 0 Å². The molecular formula is C50H74N2O35S2. The van der Waals surface area contributed by atoms with E-state index in [0.717, 1.165) is 0 Å². The van der Waals surface area contributed by atoms with Gasteiger partial charge in [0, 0.05) is 22.9 Å². The monoisotopic (exact) mass is 1330 g/mol. The van der Waals surface area contributed by atoms with Crippen LogP contribution >= 0.6 is 23.5 Å². The zero-order chi connectivity index (χ0) is 64.0. The van der Waals surface area contributed by atoms with Crippen LogP contribution in [0.25, 0.3) is 0 Å². The van der Waals surface area contributed by atoms with Gasteiger partial charge < -0.3 is 174 Å². The van der Waals surface area contributed by atoms with Crippen LogP contribution in [0.1, 0.15) is 0 Å². The molecule has 89 heavy (non-hydrogen) atoms. The molecule has 35 atom stereocenters. The molecule has 0 spiro atoms. The first kappa shape index (κ1) is 69.4. The SMILES string of the molecule is O=C1Nc2ccc(cc2)NC(=O)SCC2O[C@@H]3O[C@@H]4C(CO)O[C@H](O[C@@H]5C(CO)O[C@H](O[C@@H]6C(CO)O[C@H](O[C@@H]7C(CS1)O[C@H](O[C@@H]1C(CO)O[C@H](O[C@@H]8C(CO)O[C@H](O[C@H]2C(O)C3O)C(O)C8O)C(O)C1O)C(O)C7O)C(O)C6O)C(O)C5O)C(O)C4O. The van der Waals surface area contributed by atoms with Crippen LogP contribution in [0.4, 0.5) is 21.0 Å². The summed E-state index contributed by atoms with van der Waals surface area (Å²) < 4.78 is 82.3. The minimum Gasteiger partial charge on any atom is -0.394 e. The highest BCUT2D eigenvalue weighted by Gasteiger charge is 2.60. The molecule has 21 unspecified atom stereocenters. The first-order valence-corrected chi connectivity index (χ1v) is 30.2. The highest BCUT2D eigenvalue weighted by atomic mass is 32.2. The molecule has 18 heterocycles. The van der Waals surface area contributed by atoms with Crippen LogP contribution in [0.3, 0.4) is 0 Å². The zero-order valence-corrected chi connectivity index (χ0v) is 47.9. The summed E-state index contributed by atoms with van der Waals surface area (Å²) in [7, 11) is 0. The van der Waals surface area contributed by atoms with Crippen molar-refractivity contribution >= 4 is 45.4 Å². The van der Waals surface area contributed by atoms with Crippen molar-refractivity contribution in [1.82, 2.24) is 0 Å². The van der Waals surface area contributed by atoms with Crippen molar-refractivity contribution in [3.05, 3.63) is 24.3 Å². The van der Waals surface area contributed by atoms with Crippen LogP contribution in [0.15, 0.2) is 24.3 Å². The van der Waals surface area contributed by atoms with E-state index in [9.17, 15) is 107 Å². The highest BCUT2D eigenvalue weighted by Crippen LogP contribution is 2.40. The number of aliphatic hydroxyl groups excluding tert-OH is 19. The molecule has 16 bridgehead atoms. The minimum atomic E-state index is -2.26. The number of anilines is 2. The van der Waals surface area contributed by atoms with Crippen molar-refractivity contribution in [2.75, 3.05) is 55.2 Å². The van der Waals surface area contributed by atoms with Crippen LogP contribution in [0.5, 0.6) is 0 Å². The van der Waals surface area contributed by atoms with Crippen molar-refractivity contribution in [3.8, 4) is 0 Å². The van der Waals surface area contributed by atoms with E-state index in [4.69, 9.17) is 66.3 Å². The van der Waals surface area contributed by atoms with Crippen LogP contribution in [-0.4, -0.2) is 367 Å². The Bertz CT molecular complexity index is 2460. The lowest BCUT2D eigenvalue weighted by molar-refractivity contribution is -0.395. The van der Waals surface area contributed by atoms with Gasteiger partial charge in [0.05, 0.1) is 45.2 Å². The van der Waals surface area contributed by atoms with Gasteiger partial charge in [-0.3, -0.25) is 9.59 Å². The van der Waals surface area contributed by atoms with Crippen molar-refractivity contribution < 1.29 is 173 Å². The number of hydrogen-bond donors (Lipinski definition) is 21. The summed E-state index contributed by atoms with van der Waals surface area (Å²) >= 11 is 0.966. The predicted octanol–water partition coefficient (Wildman–Crippen LogP) is -11.0. The maximum absolute atomic E-state index is 13.6. The normalized spacial score (nSPS) is 50.6. The number of carbonyl (C=O) groups excluding carboxylic acids is 2. The van der Waals surface area contributed by atoms with Crippen LogP contribution < -0.4 is 10.6 Å². The van der Waals surface area contributed by atoms with Gasteiger partial charge in [0.1, 0.15) is 159 Å². The molecule has 0 aliphatic carbocycles. The van der Waals surface area contributed by atoms with Gasteiger partial charge in [-0.15, -0.1) is 0 Å². The second kappa shape index (κ2) is 29.7. The van der Waals surface area contributed by atoms with E-state index >= 15 is 0 Å². The molecule has 7 saturated heterocycles. The Morgan fingerprint density at radius 3 is 0.697 bits per heavy atom. The summed E-state index contributed by atoms with van der Waals surface area (Å²) in [6.07, 6.45) is -71.4. The molecule has 0 aromatic heterocycles. The highest BCUT2D eigenvalue weighted by molar-refractivity contribution is 8.14. The molecular weight excluding hydrogens is 1250 g/mol. The number of ether oxygens (including phenoxy) is 14. The summed E-state index contributed by atoms with van der Waals surface area (Å²) in [5, 5.41) is 219. The number of rotatable bonds is 5. The van der Waals surface area contributed by atoms with E-state index in [2.05, 4.69) is 10.6 Å². The standard InChI is InChI=1S/C50H74N2O35S2/c53-5-14-35-21(58)28(65)42(74-14)82-36-15(6-54)77-45(31(68)24(36)61)86-40-19-10-88-49(72)51-12-1-3-13(4-2-12)52-50(73)89-11-20-41(26(63)33(70)47(79-20)84-38-17(8-56)75-43(81-35)29(66)22(38)59)87-46-32(69)25(62)37(16(7-55)78-46)83-44-30(67)23(60)39(18(9-57)76-44)85-48(80-19)34(71)27(40)64/h1-4,14-48,53-71H,5-11H2,(H,51,72)(H,52,73)/t14?,15?,16?,17?,18?,19?,20?,21?,22?,23?,24?,25?,26?,27?,28?,29?,30?,31?,32?,33?,34?,35-,36-,37-,38-,39-,40-,41-,42-,43-,44-,45-,46-,47-,48-/m1/s1. The number of hydrogen-bond acceptors (Lipinski definition) is 37. The predicted molar refractivity (Wildman–Crippen MR) is 284 cm³/mol. The van der Waals surface area contributed by atoms with Gasteiger partial charge in [0.15, 0.2) is 44.0 Å². The molecule has 18 aliphatic rings. The van der Waals surface area contributed by atoms with E-state index < -0.39 is 270 Å². The van der Waals surface area contributed by atoms with E-state index in [0.29, 0.717) is 23.5 Å². The summed E-state index contributed by atoms with van der Waals surface area (Å²) in [4.78, 5) is 27.3. The first-order valence-electron chi connectivity index (χ1n) is 28.2.